The van der Waals surface area contributed by atoms with Gasteiger partial charge in [0.1, 0.15) is 5.58 Å². The number of hydrogen-bond acceptors (Lipinski definition) is 7. The van der Waals surface area contributed by atoms with Crippen LogP contribution in [0.25, 0.3) is 11.0 Å². The molecular formula is C25H25NO7. The summed E-state index contributed by atoms with van der Waals surface area (Å²) in [6.07, 6.45) is 1.69. The molecule has 1 amide bonds. The highest BCUT2D eigenvalue weighted by molar-refractivity contribution is 5.99. The van der Waals surface area contributed by atoms with E-state index >= 15 is 0 Å². The number of carbonyl (C=O) groups is 1. The Kier molecular flexibility index (Phi) is 5.46. The summed E-state index contributed by atoms with van der Waals surface area (Å²) in [6, 6.07) is 9.82. The first-order chi connectivity index (χ1) is 16.1. The fourth-order valence-electron chi connectivity index (χ4n) is 4.77. The number of nitrogens with zero attached hydrogens (tertiary/aromatic N) is 1. The van der Waals surface area contributed by atoms with Gasteiger partial charge in [0.25, 0.3) is 5.91 Å². The van der Waals surface area contributed by atoms with E-state index in [1.165, 1.54) is 21.3 Å². The van der Waals surface area contributed by atoms with Gasteiger partial charge in [-0.3, -0.25) is 9.59 Å². The van der Waals surface area contributed by atoms with Crippen molar-refractivity contribution >= 4 is 16.9 Å². The predicted molar refractivity (Wildman–Crippen MR) is 120 cm³/mol. The summed E-state index contributed by atoms with van der Waals surface area (Å²) in [7, 11) is 4.58. The van der Waals surface area contributed by atoms with E-state index < -0.39 is 6.04 Å². The molecule has 2 atom stereocenters. The maximum Gasteiger partial charge on any atom is 0.291 e. The molecule has 2 aliphatic heterocycles. The predicted octanol–water partition coefficient (Wildman–Crippen LogP) is 3.54. The molecule has 2 aliphatic rings. The molecule has 5 rings (SSSR count). The number of methoxy groups -OCH3 is 3. The van der Waals surface area contributed by atoms with Crippen molar-refractivity contribution in [3.05, 3.63) is 63.5 Å². The average molecular weight is 451 g/mol. The molecule has 0 spiro atoms. The first kappa shape index (κ1) is 21.3. The molecule has 0 aliphatic carbocycles. The van der Waals surface area contributed by atoms with Gasteiger partial charge in [-0.05, 0) is 42.7 Å². The third-order valence-electron chi connectivity index (χ3n) is 6.30. The molecule has 0 radical (unpaired) electrons. The number of amides is 1. The van der Waals surface area contributed by atoms with Crippen LogP contribution in [0.5, 0.6) is 17.2 Å². The zero-order chi connectivity index (χ0) is 23.1. The molecule has 2 aromatic carbocycles. The maximum absolute atomic E-state index is 13.6. The highest BCUT2D eigenvalue weighted by Crippen LogP contribution is 2.45. The van der Waals surface area contributed by atoms with E-state index in [1.807, 2.05) is 0 Å². The van der Waals surface area contributed by atoms with E-state index in [-0.39, 0.29) is 23.2 Å². The van der Waals surface area contributed by atoms with Gasteiger partial charge < -0.3 is 28.3 Å². The number of fused-ring (bicyclic) bond motifs is 2. The van der Waals surface area contributed by atoms with E-state index in [9.17, 15) is 9.59 Å². The molecular weight excluding hydrogens is 426 g/mol. The molecule has 33 heavy (non-hydrogen) atoms. The Hall–Kier alpha value is -3.52. The monoisotopic (exact) mass is 451 g/mol. The van der Waals surface area contributed by atoms with Crippen molar-refractivity contribution in [2.45, 2.75) is 25.0 Å². The fraction of sp³-hybridized carbons (Fsp3) is 0.360. The summed E-state index contributed by atoms with van der Waals surface area (Å²) in [5.74, 6) is 1.05. The normalized spacial score (nSPS) is 19.7. The number of carbonyl (C=O) groups excluding carboxylic acids is 1. The van der Waals surface area contributed by atoms with E-state index in [1.54, 1.807) is 41.3 Å². The summed E-state index contributed by atoms with van der Waals surface area (Å²) in [5.41, 5.74) is 1.13. The first-order valence-electron chi connectivity index (χ1n) is 10.9. The van der Waals surface area contributed by atoms with Crippen molar-refractivity contribution in [2.75, 3.05) is 34.5 Å². The highest BCUT2D eigenvalue weighted by atomic mass is 16.5. The van der Waals surface area contributed by atoms with Gasteiger partial charge in [-0.1, -0.05) is 12.1 Å². The lowest BCUT2D eigenvalue weighted by Gasteiger charge is -2.28. The zero-order valence-electron chi connectivity index (χ0n) is 18.8. The van der Waals surface area contributed by atoms with Crippen LogP contribution in [-0.4, -0.2) is 51.4 Å². The van der Waals surface area contributed by atoms with Gasteiger partial charge >= 0.3 is 0 Å². The number of rotatable bonds is 6. The quantitative estimate of drug-likeness (QED) is 0.566. The van der Waals surface area contributed by atoms with Crippen LogP contribution in [0.3, 0.4) is 0 Å². The van der Waals surface area contributed by atoms with Gasteiger partial charge in [-0.15, -0.1) is 0 Å². The second-order valence-corrected chi connectivity index (χ2v) is 8.12. The minimum Gasteiger partial charge on any atom is -0.493 e. The lowest BCUT2D eigenvalue weighted by molar-refractivity contribution is 0.0486. The third-order valence-corrected chi connectivity index (χ3v) is 6.30. The van der Waals surface area contributed by atoms with Gasteiger partial charge in [0.05, 0.1) is 44.4 Å². The first-order valence-corrected chi connectivity index (χ1v) is 10.9. The smallest absolute Gasteiger partial charge is 0.291 e. The van der Waals surface area contributed by atoms with Crippen LogP contribution in [0.1, 0.15) is 40.6 Å². The van der Waals surface area contributed by atoms with Crippen LogP contribution in [-0.2, 0) is 4.74 Å². The van der Waals surface area contributed by atoms with Crippen molar-refractivity contribution < 1.29 is 28.2 Å². The lowest BCUT2D eigenvalue weighted by atomic mass is 9.97. The third kappa shape index (κ3) is 3.41. The summed E-state index contributed by atoms with van der Waals surface area (Å²) >= 11 is 0. The number of hydrogen-bond donors (Lipinski definition) is 0. The Labute approximate surface area is 190 Å². The van der Waals surface area contributed by atoms with E-state index in [2.05, 4.69) is 0 Å². The maximum atomic E-state index is 13.6. The van der Waals surface area contributed by atoms with Crippen LogP contribution in [0.4, 0.5) is 0 Å². The SMILES string of the molecule is COc1cc([C@H]2c3c(oc4ccccc4c3=O)C(=O)N2C[C@H]2CCCO2)cc(OC)c1OC. The van der Waals surface area contributed by atoms with Crippen LogP contribution < -0.4 is 19.6 Å². The van der Waals surface area contributed by atoms with Crippen molar-refractivity contribution in [3.8, 4) is 17.2 Å². The van der Waals surface area contributed by atoms with Crippen molar-refractivity contribution in [1.29, 1.82) is 0 Å². The Morgan fingerprint density at radius 3 is 2.39 bits per heavy atom. The molecule has 8 nitrogen and oxygen atoms in total. The Bertz CT molecular complexity index is 1250. The van der Waals surface area contributed by atoms with E-state index in [4.69, 9.17) is 23.4 Å². The van der Waals surface area contributed by atoms with Gasteiger partial charge in [-0.25, -0.2) is 0 Å². The molecule has 1 saturated heterocycles. The zero-order valence-corrected chi connectivity index (χ0v) is 18.8. The van der Waals surface area contributed by atoms with E-state index in [0.29, 0.717) is 52.5 Å². The number of benzene rings is 2. The lowest BCUT2D eigenvalue weighted by Crippen LogP contribution is -2.36. The fourth-order valence-corrected chi connectivity index (χ4v) is 4.77. The molecule has 1 fully saturated rings. The molecule has 172 valence electrons. The number of ether oxygens (including phenoxy) is 4. The van der Waals surface area contributed by atoms with Crippen LogP contribution in [0.15, 0.2) is 45.6 Å². The van der Waals surface area contributed by atoms with Crippen LogP contribution in [0.2, 0.25) is 0 Å². The van der Waals surface area contributed by atoms with Crippen LogP contribution in [0, 0.1) is 0 Å². The Morgan fingerprint density at radius 2 is 1.76 bits per heavy atom. The van der Waals surface area contributed by atoms with Crippen molar-refractivity contribution in [3.63, 3.8) is 0 Å². The van der Waals surface area contributed by atoms with Gasteiger partial charge in [0.2, 0.25) is 11.5 Å². The molecule has 0 saturated carbocycles. The topological polar surface area (TPSA) is 87.4 Å². The van der Waals surface area contributed by atoms with Crippen molar-refractivity contribution in [1.82, 2.24) is 4.90 Å². The number of para-hydroxylation sites is 1. The summed E-state index contributed by atoms with van der Waals surface area (Å²) in [4.78, 5) is 28.8. The Morgan fingerprint density at radius 1 is 1.03 bits per heavy atom. The molecule has 1 aromatic heterocycles. The van der Waals surface area contributed by atoms with E-state index in [0.717, 1.165) is 12.8 Å². The second kappa shape index (κ2) is 8.44. The molecule has 8 heteroatoms. The minimum atomic E-state index is -0.675. The summed E-state index contributed by atoms with van der Waals surface area (Å²) < 4.78 is 28.3. The summed E-state index contributed by atoms with van der Waals surface area (Å²) in [5, 5.41) is 0.431. The molecule has 3 aromatic rings. The standard InChI is InChI=1S/C25H25NO7/c1-29-18-11-14(12-19(30-2)23(18)31-3)21-20-22(27)16-8-4-5-9-17(16)33-24(20)25(28)26(21)13-15-7-6-10-32-15/h4-5,8-9,11-12,15,21H,6-7,10,13H2,1-3H3/t15-,21+/m1/s1. The molecule has 0 unspecified atom stereocenters. The Balaban J connectivity index is 1.73. The summed E-state index contributed by atoms with van der Waals surface area (Å²) in [6.45, 7) is 1.01. The highest BCUT2D eigenvalue weighted by Gasteiger charge is 2.44. The van der Waals surface area contributed by atoms with Gasteiger partial charge in [0.15, 0.2) is 16.9 Å². The molecule has 3 heterocycles. The molecule has 0 bridgehead atoms. The largest absolute Gasteiger partial charge is 0.493 e. The molecule has 0 N–H and O–H groups in total. The van der Waals surface area contributed by atoms with Gasteiger partial charge in [0, 0.05) is 13.2 Å². The van der Waals surface area contributed by atoms with Gasteiger partial charge in [-0.2, -0.15) is 0 Å². The second-order valence-electron chi connectivity index (χ2n) is 8.12. The van der Waals surface area contributed by atoms with Crippen molar-refractivity contribution in [2.24, 2.45) is 0 Å². The minimum absolute atomic E-state index is 0.0652. The van der Waals surface area contributed by atoms with Crippen LogP contribution >= 0.6 is 0 Å². The average Bonchev–Trinajstić information content (AvgIpc) is 3.45.